The number of nitrogens with zero attached hydrogens (tertiary/aromatic N) is 4. The van der Waals surface area contributed by atoms with E-state index in [0.29, 0.717) is 5.71 Å². The maximum absolute atomic E-state index is 6.48. The Labute approximate surface area is 337 Å². The second kappa shape index (κ2) is 12.2. The van der Waals surface area contributed by atoms with Crippen LogP contribution in [0.2, 0.25) is 0 Å². The van der Waals surface area contributed by atoms with Crippen molar-refractivity contribution in [3.05, 3.63) is 194 Å². The summed E-state index contributed by atoms with van der Waals surface area (Å²) in [7, 11) is 0. The van der Waals surface area contributed by atoms with E-state index in [-0.39, 0.29) is 0 Å². The van der Waals surface area contributed by atoms with Gasteiger partial charge in [0.05, 0.1) is 33.4 Å². The van der Waals surface area contributed by atoms with E-state index in [2.05, 4.69) is 185 Å². The molecule has 9 aromatic carbocycles. The monoisotopic (exact) mass is 752 g/mol. The van der Waals surface area contributed by atoms with Gasteiger partial charge < -0.3 is 13.6 Å². The van der Waals surface area contributed by atoms with Gasteiger partial charge in [0.2, 0.25) is 5.71 Å². The van der Waals surface area contributed by atoms with Gasteiger partial charge in [-0.15, -0.1) is 0 Å². The van der Waals surface area contributed by atoms with Crippen LogP contribution >= 0.6 is 0 Å². The molecule has 0 unspecified atom stereocenters. The van der Waals surface area contributed by atoms with E-state index < -0.39 is 0 Å². The Balaban J connectivity index is 1.16. The lowest BCUT2D eigenvalue weighted by molar-refractivity contribution is 0.653. The fourth-order valence-electron chi connectivity index (χ4n) is 9.51. The number of para-hydroxylation sites is 4. The Morgan fingerprint density at radius 2 is 1.03 bits per heavy atom. The third-order valence-corrected chi connectivity index (χ3v) is 12.1. The zero-order chi connectivity index (χ0) is 38.6. The molecular formula is C54H32N4O. The first-order valence-corrected chi connectivity index (χ1v) is 20.0. The van der Waals surface area contributed by atoms with E-state index in [1.54, 1.807) is 0 Å². The first-order chi connectivity index (χ1) is 29.3. The molecule has 0 radical (unpaired) electrons. The van der Waals surface area contributed by atoms with Gasteiger partial charge in [0.15, 0.2) is 0 Å². The Morgan fingerprint density at radius 1 is 0.390 bits per heavy atom. The number of fused-ring (bicyclic) bond motifs is 11. The first kappa shape index (κ1) is 32.1. The van der Waals surface area contributed by atoms with E-state index in [0.717, 1.165) is 94.0 Å². The molecule has 4 heterocycles. The molecule has 13 aromatic rings. The molecule has 0 saturated carbocycles. The van der Waals surface area contributed by atoms with Gasteiger partial charge >= 0.3 is 0 Å². The second-order valence-corrected chi connectivity index (χ2v) is 15.3. The van der Waals surface area contributed by atoms with Crippen LogP contribution in [-0.2, 0) is 0 Å². The highest BCUT2D eigenvalue weighted by Crippen LogP contribution is 2.44. The highest BCUT2D eigenvalue weighted by molar-refractivity contribution is 6.18. The van der Waals surface area contributed by atoms with Gasteiger partial charge in [-0.25, -0.2) is 9.97 Å². The van der Waals surface area contributed by atoms with Crippen molar-refractivity contribution < 1.29 is 4.42 Å². The van der Waals surface area contributed by atoms with Crippen molar-refractivity contribution in [1.29, 1.82) is 0 Å². The molecule has 0 N–H and O–H groups in total. The predicted molar refractivity (Wildman–Crippen MR) is 244 cm³/mol. The highest BCUT2D eigenvalue weighted by atomic mass is 16.3. The third-order valence-electron chi connectivity index (χ3n) is 12.1. The van der Waals surface area contributed by atoms with Crippen molar-refractivity contribution in [2.45, 2.75) is 0 Å². The lowest BCUT2D eigenvalue weighted by Crippen LogP contribution is -1.99. The fraction of sp³-hybridized carbons (Fsp3) is 0. The Bertz CT molecular complexity index is 3850. The fourth-order valence-corrected chi connectivity index (χ4v) is 9.51. The van der Waals surface area contributed by atoms with Crippen LogP contribution in [0.15, 0.2) is 199 Å². The molecule has 59 heavy (non-hydrogen) atoms. The maximum Gasteiger partial charge on any atom is 0.246 e. The van der Waals surface area contributed by atoms with Crippen molar-refractivity contribution >= 4 is 87.4 Å². The minimum Gasteiger partial charge on any atom is -0.436 e. The van der Waals surface area contributed by atoms with Crippen molar-refractivity contribution in [2.24, 2.45) is 0 Å². The number of hydrogen-bond acceptors (Lipinski definition) is 3. The van der Waals surface area contributed by atoms with Gasteiger partial charge in [-0.05, 0) is 82.9 Å². The molecule has 4 aromatic heterocycles. The molecule has 0 atom stereocenters. The topological polar surface area (TPSA) is 48.8 Å². The molecule has 5 nitrogen and oxygen atoms in total. The number of furan rings is 1. The summed E-state index contributed by atoms with van der Waals surface area (Å²) in [6.45, 7) is 0. The van der Waals surface area contributed by atoms with Crippen molar-refractivity contribution in [1.82, 2.24) is 19.1 Å². The van der Waals surface area contributed by atoms with Gasteiger partial charge in [0.1, 0.15) is 16.8 Å². The summed E-state index contributed by atoms with van der Waals surface area (Å²) in [6.07, 6.45) is 0. The molecule has 0 saturated heterocycles. The molecule has 5 heteroatoms. The van der Waals surface area contributed by atoms with Crippen molar-refractivity contribution in [2.75, 3.05) is 0 Å². The van der Waals surface area contributed by atoms with Crippen LogP contribution < -0.4 is 0 Å². The SMILES string of the molecule is c1ccc(-n2c3ccccc3c3c(-c4nc5oc6ccccc6c5nc4-c4cc(-n5c6ccccc6c6cc7ccccc7cc65)c5ccccc5c4)cccc32)cc1. The molecule has 0 aliphatic carbocycles. The van der Waals surface area contributed by atoms with Crippen molar-refractivity contribution in [3.8, 4) is 33.9 Å². The average Bonchev–Trinajstić information content (AvgIpc) is 3.95. The highest BCUT2D eigenvalue weighted by Gasteiger charge is 2.24. The predicted octanol–water partition coefficient (Wildman–Crippen LogP) is 14.2. The summed E-state index contributed by atoms with van der Waals surface area (Å²) >= 11 is 0. The molecule has 274 valence electrons. The van der Waals surface area contributed by atoms with Gasteiger partial charge in [0, 0.05) is 49.1 Å². The van der Waals surface area contributed by atoms with E-state index >= 15 is 0 Å². The van der Waals surface area contributed by atoms with Gasteiger partial charge in [-0.2, -0.15) is 0 Å². The van der Waals surface area contributed by atoms with Crippen LogP contribution in [0, 0.1) is 0 Å². The number of rotatable bonds is 4. The molecule has 0 aliphatic heterocycles. The molecule has 0 fully saturated rings. The van der Waals surface area contributed by atoms with Gasteiger partial charge in [-0.1, -0.05) is 127 Å². The minimum absolute atomic E-state index is 0.518. The Kier molecular flexibility index (Phi) is 6.66. The van der Waals surface area contributed by atoms with Crippen molar-refractivity contribution in [3.63, 3.8) is 0 Å². The van der Waals surface area contributed by atoms with E-state index in [1.807, 2.05) is 18.2 Å². The third kappa shape index (κ3) is 4.67. The summed E-state index contributed by atoms with van der Waals surface area (Å²) in [5, 5.41) is 10.4. The molecule has 0 aliphatic rings. The van der Waals surface area contributed by atoms with Crippen LogP contribution in [-0.4, -0.2) is 19.1 Å². The smallest absolute Gasteiger partial charge is 0.246 e. The summed E-state index contributed by atoms with van der Waals surface area (Å²) in [4.78, 5) is 11.0. The van der Waals surface area contributed by atoms with Gasteiger partial charge in [0.25, 0.3) is 0 Å². The zero-order valence-corrected chi connectivity index (χ0v) is 31.7. The summed E-state index contributed by atoms with van der Waals surface area (Å²) in [6, 6.07) is 69.2. The Morgan fingerprint density at radius 3 is 1.86 bits per heavy atom. The molecule has 0 spiro atoms. The minimum atomic E-state index is 0.518. The lowest BCUT2D eigenvalue weighted by atomic mass is 9.96. The number of hydrogen-bond donors (Lipinski definition) is 0. The Hall–Kier alpha value is -8.02. The van der Waals surface area contributed by atoms with E-state index in [9.17, 15) is 0 Å². The molecule has 0 amide bonds. The van der Waals surface area contributed by atoms with E-state index in [4.69, 9.17) is 14.4 Å². The van der Waals surface area contributed by atoms with Crippen LogP contribution in [0.3, 0.4) is 0 Å². The van der Waals surface area contributed by atoms with Gasteiger partial charge in [-0.3, -0.25) is 0 Å². The second-order valence-electron chi connectivity index (χ2n) is 15.3. The summed E-state index contributed by atoms with van der Waals surface area (Å²) < 4.78 is 11.3. The number of benzene rings is 9. The standard InChI is InChI=1S/C54H32N4O/c1-2-18-37(19-3-1)57-45-26-12-9-22-40(45)50-42(24-14-27-46(50)57)52-51(55-53-41-23-10-13-28-49(41)59-54(53)56-52)36-29-35-17-6-7-20-38(35)47(32-36)58-44-25-11-8-21-39(44)43-30-33-15-4-5-16-34(33)31-48(43)58/h1-32H. The zero-order valence-electron chi connectivity index (χ0n) is 31.7. The van der Waals surface area contributed by atoms with Crippen LogP contribution in [0.1, 0.15) is 0 Å². The lowest BCUT2D eigenvalue weighted by Gasteiger charge is -2.16. The summed E-state index contributed by atoms with van der Waals surface area (Å²) in [5.41, 5.74) is 12.3. The van der Waals surface area contributed by atoms with Crippen LogP contribution in [0.4, 0.5) is 0 Å². The maximum atomic E-state index is 6.48. The van der Waals surface area contributed by atoms with Crippen LogP contribution in [0.5, 0.6) is 0 Å². The molecular weight excluding hydrogens is 721 g/mol. The molecule has 13 rings (SSSR count). The first-order valence-electron chi connectivity index (χ1n) is 20.0. The van der Waals surface area contributed by atoms with Crippen LogP contribution in [0.25, 0.3) is 121 Å². The summed E-state index contributed by atoms with van der Waals surface area (Å²) in [5.74, 6) is 0. The largest absolute Gasteiger partial charge is 0.436 e. The van der Waals surface area contributed by atoms with E-state index in [1.165, 1.54) is 21.5 Å². The normalized spacial score (nSPS) is 12.1. The number of aromatic nitrogens is 4. The molecule has 0 bridgehead atoms. The quantitative estimate of drug-likeness (QED) is 0.180. The average molecular weight is 753 g/mol.